The van der Waals surface area contributed by atoms with Crippen LogP contribution in [0.4, 0.5) is 11.5 Å². The van der Waals surface area contributed by atoms with Crippen LogP contribution in [0, 0.1) is 6.92 Å². The van der Waals surface area contributed by atoms with E-state index >= 15 is 0 Å². The quantitative estimate of drug-likeness (QED) is 0.451. The third-order valence-corrected chi connectivity index (χ3v) is 5.46. The standard InChI is InChI=1S/C26H26N4O/c1-16-8-9-18(25(31)30-20-7-5-6-19(14-20)26(2,3)4)13-21(16)17-10-11-23-22(12-17)24(27)29-15-28-23/h5-15H,1-4H3,(H,30,31)(H2,27,28,29). The predicted octanol–water partition coefficient (Wildman–Crippen LogP) is 5.74. The van der Waals surface area contributed by atoms with Gasteiger partial charge in [-0.2, -0.15) is 0 Å². The van der Waals surface area contributed by atoms with E-state index in [-0.39, 0.29) is 11.3 Å². The molecular formula is C26H26N4O. The summed E-state index contributed by atoms with van der Waals surface area (Å²) >= 11 is 0. The molecule has 4 rings (SSSR count). The number of aryl methyl sites for hydroxylation is 1. The summed E-state index contributed by atoms with van der Waals surface area (Å²) in [4.78, 5) is 21.3. The first-order valence-electron chi connectivity index (χ1n) is 10.3. The number of aromatic nitrogens is 2. The molecule has 5 heteroatoms. The number of fused-ring (bicyclic) bond motifs is 1. The minimum Gasteiger partial charge on any atom is -0.383 e. The summed E-state index contributed by atoms with van der Waals surface area (Å²) in [7, 11) is 0. The van der Waals surface area contributed by atoms with Gasteiger partial charge >= 0.3 is 0 Å². The monoisotopic (exact) mass is 410 g/mol. The molecule has 0 bridgehead atoms. The Kier molecular flexibility index (Phi) is 5.19. The molecule has 156 valence electrons. The minimum atomic E-state index is -0.143. The van der Waals surface area contributed by atoms with Crippen molar-refractivity contribution in [2.45, 2.75) is 33.1 Å². The van der Waals surface area contributed by atoms with Gasteiger partial charge in [-0.05, 0) is 71.0 Å². The minimum absolute atomic E-state index is 0.0133. The molecule has 0 unspecified atom stereocenters. The smallest absolute Gasteiger partial charge is 0.255 e. The number of hydrogen-bond acceptors (Lipinski definition) is 4. The Hall–Kier alpha value is -3.73. The van der Waals surface area contributed by atoms with Gasteiger partial charge in [0, 0.05) is 16.6 Å². The van der Waals surface area contributed by atoms with Crippen LogP contribution in [0.2, 0.25) is 0 Å². The average molecular weight is 411 g/mol. The molecule has 0 aliphatic heterocycles. The van der Waals surface area contributed by atoms with Crippen molar-refractivity contribution >= 4 is 28.3 Å². The molecule has 1 aromatic heterocycles. The first-order chi connectivity index (χ1) is 14.7. The Labute approximate surface area is 182 Å². The normalized spacial score (nSPS) is 11.5. The van der Waals surface area contributed by atoms with Crippen LogP contribution >= 0.6 is 0 Å². The number of nitrogen functional groups attached to an aromatic ring is 1. The summed E-state index contributed by atoms with van der Waals surface area (Å²) in [5.41, 5.74) is 12.4. The number of hydrogen-bond donors (Lipinski definition) is 2. The fourth-order valence-electron chi connectivity index (χ4n) is 3.59. The van der Waals surface area contributed by atoms with Gasteiger partial charge in [-0.25, -0.2) is 9.97 Å². The summed E-state index contributed by atoms with van der Waals surface area (Å²) in [6.45, 7) is 8.49. The van der Waals surface area contributed by atoms with Crippen LogP contribution in [0.15, 0.2) is 67.0 Å². The van der Waals surface area contributed by atoms with Gasteiger partial charge in [0.25, 0.3) is 5.91 Å². The molecule has 4 aromatic rings. The van der Waals surface area contributed by atoms with E-state index in [1.54, 1.807) is 0 Å². The molecule has 0 atom stereocenters. The van der Waals surface area contributed by atoms with Gasteiger partial charge in [-0.3, -0.25) is 4.79 Å². The van der Waals surface area contributed by atoms with Gasteiger partial charge in [0.15, 0.2) is 0 Å². The van der Waals surface area contributed by atoms with Crippen LogP contribution in [0.1, 0.15) is 42.3 Å². The van der Waals surface area contributed by atoms with Crippen molar-refractivity contribution < 1.29 is 4.79 Å². The number of anilines is 2. The third kappa shape index (κ3) is 4.26. The molecule has 0 aliphatic rings. The van der Waals surface area contributed by atoms with Crippen LogP contribution in [-0.4, -0.2) is 15.9 Å². The number of nitrogens with two attached hydrogens (primary N) is 1. The summed E-state index contributed by atoms with van der Waals surface area (Å²) in [5.74, 6) is 0.299. The zero-order valence-corrected chi connectivity index (χ0v) is 18.2. The van der Waals surface area contributed by atoms with E-state index in [0.29, 0.717) is 11.4 Å². The van der Waals surface area contributed by atoms with Crippen LogP contribution in [0.25, 0.3) is 22.0 Å². The highest BCUT2D eigenvalue weighted by atomic mass is 16.1. The van der Waals surface area contributed by atoms with Gasteiger partial charge in [-0.1, -0.05) is 45.0 Å². The third-order valence-electron chi connectivity index (χ3n) is 5.46. The van der Waals surface area contributed by atoms with Gasteiger partial charge in [-0.15, -0.1) is 0 Å². The number of benzene rings is 3. The Bertz CT molecular complexity index is 1290. The van der Waals surface area contributed by atoms with Crippen LogP contribution in [-0.2, 0) is 5.41 Å². The number of nitrogens with zero attached hydrogens (tertiary/aromatic N) is 2. The Balaban J connectivity index is 1.67. The molecule has 3 N–H and O–H groups in total. The number of carbonyl (C=O) groups excluding carboxylic acids is 1. The first-order valence-corrected chi connectivity index (χ1v) is 10.3. The van der Waals surface area contributed by atoms with Gasteiger partial charge in [0.1, 0.15) is 12.1 Å². The molecule has 0 aliphatic carbocycles. The highest BCUT2D eigenvalue weighted by Crippen LogP contribution is 2.29. The first kappa shape index (κ1) is 20.5. The molecule has 1 amide bonds. The predicted molar refractivity (Wildman–Crippen MR) is 127 cm³/mol. The number of nitrogens with one attached hydrogen (secondary N) is 1. The van der Waals surface area contributed by atoms with E-state index in [2.05, 4.69) is 42.1 Å². The maximum atomic E-state index is 13.0. The van der Waals surface area contributed by atoms with Crippen molar-refractivity contribution in [3.8, 4) is 11.1 Å². The second-order valence-corrected chi connectivity index (χ2v) is 8.81. The zero-order chi connectivity index (χ0) is 22.2. The number of amides is 1. The lowest BCUT2D eigenvalue weighted by atomic mass is 9.87. The van der Waals surface area contributed by atoms with Crippen molar-refractivity contribution in [3.63, 3.8) is 0 Å². The summed E-state index contributed by atoms with van der Waals surface area (Å²) < 4.78 is 0. The van der Waals surface area contributed by atoms with Crippen molar-refractivity contribution in [1.29, 1.82) is 0 Å². The van der Waals surface area contributed by atoms with E-state index in [9.17, 15) is 4.79 Å². The highest BCUT2D eigenvalue weighted by Gasteiger charge is 2.15. The van der Waals surface area contributed by atoms with Crippen LogP contribution < -0.4 is 11.1 Å². The van der Waals surface area contributed by atoms with Crippen LogP contribution in [0.3, 0.4) is 0 Å². The summed E-state index contributed by atoms with van der Waals surface area (Å²) in [6, 6.07) is 19.6. The molecule has 0 saturated heterocycles. The molecule has 0 spiro atoms. The fraction of sp³-hybridized carbons (Fsp3) is 0.192. The Morgan fingerprint density at radius 2 is 1.77 bits per heavy atom. The second kappa shape index (κ2) is 7.84. The van der Waals surface area contributed by atoms with Crippen molar-refractivity contribution in [3.05, 3.63) is 83.7 Å². The van der Waals surface area contributed by atoms with Gasteiger partial charge in [0.2, 0.25) is 0 Å². The zero-order valence-electron chi connectivity index (χ0n) is 18.2. The molecule has 3 aromatic carbocycles. The number of rotatable bonds is 3. The summed E-state index contributed by atoms with van der Waals surface area (Å²) in [5, 5.41) is 3.83. The average Bonchev–Trinajstić information content (AvgIpc) is 2.74. The molecule has 31 heavy (non-hydrogen) atoms. The molecule has 0 radical (unpaired) electrons. The highest BCUT2D eigenvalue weighted by molar-refractivity contribution is 6.05. The van der Waals surface area contributed by atoms with E-state index < -0.39 is 0 Å². The molecule has 5 nitrogen and oxygen atoms in total. The van der Waals surface area contributed by atoms with E-state index in [4.69, 9.17) is 5.73 Å². The molecule has 0 saturated carbocycles. The van der Waals surface area contributed by atoms with E-state index in [1.165, 1.54) is 11.9 Å². The second-order valence-electron chi connectivity index (χ2n) is 8.81. The summed E-state index contributed by atoms with van der Waals surface area (Å²) in [6.07, 6.45) is 1.46. The largest absolute Gasteiger partial charge is 0.383 e. The molecule has 1 heterocycles. The van der Waals surface area contributed by atoms with Crippen molar-refractivity contribution in [2.24, 2.45) is 0 Å². The van der Waals surface area contributed by atoms with E-state index in [1.807, 2.05) is 61.5 Å². The molecular weight excluding hydrogens is 384 g/mol. The maximum Gasteiger partial charge on any atom is 0.255 e. The van der Waals surface area contributed by atoms with Gasteiger partial charge in [0.05, 0.1) is 5.52 Å². The lowest BCUT2D eigenvalue weighted by Gasteiger charge is -2.20. The van der Waals surface area contributed by atoms with Crippen LogP contribution in [0.5, 0.6) is 0 Å². The lowest BCUT2D eigenvalue weighted by Crippen LogP contribution is -2.14. The Morgan fingerprint density at radius 1 is 0.968 bits per heavy atom. The van der Waals surface area contributed by atoms with E-state index in [0.717, 1.165) is 33.3 Å². The fourth-order valence-corrected chi connectivity index (χ4v) is 3.59. The number of carbonyl (C=O) groups is 1. The maximum absolute atomic E-state index is 13.0. The van der Waals surface area contributed by atoms with Crippen molar-refractivity contribution in [1.82, 2.24) is 9.97 Å². The molecule has 0 fully saturated rings. The topological polar surface area (TPSA) is 80.9 Å². The van der Waals surface area contributed by atoms with Gasteiger partial charge < -0.3 is 11.1 Å². The lowest BCUT2D eigenvalue weighted by molar-refractivity contribution is 0.102. The SMILES string of the molecule is Cc1ccc(C(=O)Nc2cccc(C(C)(C)C)c2)cc1-c1ccc2ncnc(N)c2c1. The van der Waals surface area contributed by atoms with Crippen molar-refractivity contribution in [2.75, 3.05) is 11.1 Å². The Morgan fingerprint density at radius 3 is 2.55 bits per heavy atom.